The van der Waals surface area contributed by atoms with Crippen LogP contribution in [0, 0.1) is 5.92 Å². The fraction of sp³-hybridized carbons (Fsp3) is 0.333. The number of carbonyl (C=O) groups excluding carboxylic acids is 1. The zero-order valence-corrected chi connectivity index (χ0v) is 15.1. The summed E-state index contributed by atoms with van der Waals surface area (Å²) in [5.74, 6) is 1.12. The first-order chi connectivity index (χ1) is 13.2. The number of hydrogen-bond donors (Lipinski definition) is 3. The molecule has 1 aromatic heterocycles. The zero-order valence-electron chi connectivity index (χ0n) is 15.1. The molecule has 3 fully saturated rings. The smallest absolute Gasteiger partial charge is 0.251 e. The van der Waals surface area contributed by atoms with Crippen LogP contribution < -0.4 is 11.1 Å². The lowest BCUT2D eigenvalue weighted by molar-refractivity contribution is 0.0620. The average Bonchev–Trinajstić information content (AvgIpc) is 3.09. The fourth-order valence-electron chi connectivity index (χ4n) is 4.43. The molecule has 138 valence electrons. The molecular weight excluding hydrogens is 338 g/mol. The molecule has 1 amide bonds. The predicted molar refractivity (Wildman–Crippen MR) is 106 cm³/mol. The van der Waals surface area contributed by atoms with Gasteiger partial charge in [-0.2, -0.15) is 5.10 Å². The molecule has 0 spiro atoms. The molecule has 0 saturated carbocycles. The van der Waals surface area contributed by atoms with E-state index >= 15 is 0 Å². The summed E-state index contributed by atoms with van der Waals surface area (Å²) in [6.07, 6.45) is 2.38. The molecule has 4 heterocycles. The third-order valence-corrected chi connectivity index (χ3v) is 6.02. The maximum absolute atomic E-state index is 12.8. The number of H-pyrrole nitrogens is 1. The van der Waals surface area contributed by atoms with Gasteiger partial charge in [-0.15, -0.1) is 0 Å². The first kappa shape index (κ1) is 16.3. The SMILES string of the molecule is Nc1n[nH]c2ccc(-c3cccc(C(=O)NC4CN5CCC4CC5)c3)cc12. The molecule has 3 aromatic rings. The third-order valence-electron chi connectivity index (χ3n) is 6.02. The van der Waals surface area contributed by atoms with Crippen LogP contribution in [0.2, 0.25) is 0 Å². The summed E-state index contributed by atoms with van der Waals surface area (Å²) in [7, 11) is 0. The Labute approximate surface area is 157 Å². The van der Waals surface area contributed by atoms with Crippen LogP contribution >= 0.6 is 0 Å². The molecule has 1 atom stereocenters. The fourth-order valence-corrected chi connectivity index (χ4v) is 4.43. The highest BCUT2D eigenvalue weighted by molar-refractivity contribution is 5.97. The van der Waals surface area contributed by atoms with Gasteiger partial charge >= 0.3 is 0 Å². The summed E-state index contributed by atoms with van der Waals surface area (Å²) in [5, 5.41) is 11.1. The number of aromatic amines is 1. The first-order valence-electron chi connectivity index (χ1n) is 9.54. The molecule has 2 bridgehead atoms. The molecule has 3 aliphatic heterocycles. The summed E-state index contributed by atoms with van der Waals surface area (Å²) in [6, 6.07) is 14.0. The molecule has 27 heavy (non-hydrogen) atoms. The lowest BCUT2D eigenvalue weighted by Gasteiger charge is -2.44. The lowest BCUT2D eigenvalue weighted by Crippen LogP contribution is -2.57. The van der Waals surface area contributed by atoms with Crippen molar-refractivity contribution in [3.05, 3.63) is 48.0 Å². The van der Waals surface area contributed by atoms with Crippen LogP contribution in [0.1, 0.15) is 23.2 Å². The van der Waals surface area contributed by atoms with Crippen molar-refractivity contribution in [2.45, 2.75) is 18.9 Å². The average molecular weight is 361 g/mol. The Morgan fingerprint density at radius 2 is 1.96 bits per heavy atom. The van der Waals surface area contributed by atoms with Gasteiger partial charge in [-0.25, -0.2) is 0 Å². The Morgan fingerprint density at radius 1 is 1.15 bits per heavy atom. The van der Waals surface area contributed by atoms with E-state index in [-0.39, 0.29) is 11.9 Å². The number of piperidine rings is 3. The minimum Gasteiger partial charge on any atom is -0.382 e. The van der Waals surface area contributed by atoms with Crippen molar-refractivity contribution in [1.29, 1.82) is 0 Å². The van der Waals surface area contributed by atoms with Crippen molar-refractivity contribution in [3.8, 4) is 11.1 Å². The van der Waals surface area contributed by atoms with E-state index in [1.54, 1.807) is 0 Å². The van der Waals surface area contributed by atoms with E-state index in [0.717, 1.165) is 28.6 Å². The Bertz CT molecular complexity index is 1000. The highest BCUT2D eigenvalue weighted by Gasteiger charge is 2.34. The quantitative estimate of drug-likeness (QED) is 0.669. The maximum atomic E-state index is 12.8. The number of aromatic nitrogens is 2. The molecular formula is C21H23N5O. The number of fused-ring (bicyclic) bond motifs is 4. The number of nitrogen functional groups attached to an aromatic ring is 1. The van der Waals surface area contributed by atoms with Gasteiger partial charge in [0, 0.05) is 23.5 Å². The van der Waals surface area contributed by atoms with Crippen molar-refractivity contribution < 1.29 is 4.79 Å². The van der Waals surface area contributed by atoms with Gasteiger partial charge < -0.3 is 16.0 Å². The largest absolute Gasteiger partial charge is 0.382 e. The van der Waals surface area contributed by atoms with E-state index in [9.17, 15) is 4.79 Å². The van der Waals surface area contributed by atoms with E-state index < -0.39 is 0 Å². The zero-order chi connectivity index (χ0) is 18.4. The molecule has 0 aliphatic carbocycles. The van der Waals surface area contributed by atoms with Gasteiger partial charge in [0.05, 0.1) is 5.52 Å². The number of nitrogens with two attached hydrogens (primary N) is 1. The molecule has 2 aromatic carbocycles. The molecule has 4 N–H and O–H groups in total. The van der Waals surface area contributed by atoms with Crippen LogP contribution in [0.15, 0.2) is 42.5 Å². The Hall–Kier alpha value is -2.86. The topological polar surface area (TPSA) is 87.0 Å². The number of anilines is 1. The van der Waals surface area contributed by atoms with Crippen molar-refractivity contribution in [1.82, 2.24) is 20.4 Å². The second kappa shape index (κ2) is 6.39. The minimum atomic E-state index is 0.0134. The van der Waals surface area contributed by atoms with E-state index in [0.29, 0.717) is 17.3 Å². The maximum Gasteiger partial charge on any atom is 0.251 e. The van der Waals surface area contributed by atoms with Gasteiger partial charge in [-0.3, -0.25) is 9.89 Å². The molecule has 0 radical (unpaired) electrons. The Balaban J connectivity index is 1.39. The van der Waals surface area contributed by atoms with Gasteiger partial charge in [0.1, 0.15) is 0 Å². The van der Waals surface area contributed by atoms with E-state index in [1.165, 1.54) is 25.9 Å². The van der Waals surface area contributed by atoms with Crippen molar-refractivity contribution in [2.24, 2.45) is 5.92 Å². The Kier molecular flexibility index (Phi) is 3.86. The van der Waals surface area contributed by atoms with Gasteiger partial charge in [-0.05, 0) is 67.2 Å². The molecule has 6 nitrogen and oxygen atoms in total. The number of carbonyl (C=O) groups is 1. The van der Waals surface area contributed by atoms with Gasteiger partial charge in [0.25, 0.3) is 5.91 Å². The summed E-state index contributed by atoms with van der Waals surface area (Å²) < 4.78 is 0. The molecule has 1 unspecified atom stereocenters. The number of nitrogens with zero attached hydrogens (tertiary/aromatic N) is 2. The summed E-state index contributed by atoms with van der Waals surface area (Å²) in [6.45, 7) is 3.32. The summed E-state index contributed by atoms with van der Waals surface area (Å²) in [5.41, 5.74) is 9.55. The van der Waals surface area contributed by atoms with Crippen molar-refractivity contribution >= 4 is 22.6 Å². The molecule has 6 heteroatoms. The third kappa shape index (κ3) is 2.96. The number of nitrogens with one attached hydrogen (secondary N) is 2. The van der Waals surface area contributed by atoms with E-state index in [4.69, 9.17) is 5.73 Å². The van der Waals surface area contributed by atoms with Crippen LogP contribution in [0.5, 0.6) is 0 Å². The number of rotatable bonds is 3. The van der Waals surface area contributed by atoms with Crippen LogP contribution in [0.25, 0.3) is 22.0 Å². The van der Waals surface area contributed by atoms with Gasteiger partial charge in [0.15, 0.2) is 5.82 Å². The standard InChI is InChI=1S/C21H23N5O/c22-20-17-11-15(4-5-18(17)24-25-20)14-2-1-3-16(10-14)21(27)23-19-12-26-8-6-13(19)7-9-26/h1-5,10-11,13,19H,6-9,12H2,(H,23,27)(H3,22,24,25). The molecule has 3 aliphatic rings. The molecule has 3 saturated heterocycles. The van der Waals surface area contributed by atoms with E-state index in [2.05, 4.69) is 20.4 Å². The van der Waals surface area contributed by atoms with Crippen molar-refractivity contribution in [3.63, 3.8) is 0 Å². The minimum absolute atomic E-state index is 0.0134. The normalized spacial score (nSPS) is 24.2. The van der Waals surface area contributed by atoms with E-state index in [1.807, 2.05) is 42.5 Å². The number of hydrogen-bond acceptors (Lipinski definition) is 4. The van der Waals surface area contributed by atoms with Crippen LogP contribution in [-0.4, -0.2) is 46.7 Å². The molecule has 6 rings (SSSR count). The van der Waals surface area contributed by atoms with Gasteiger partial charge in [0.2, 0.25) is 0 Å². The van der Waals surface area contributed by atoms with Crippen LogP contribution in [0.3, 0.4) is 0 Å². The van der Waals surface area contributed by atoms with Crippen molar-refractivity contribution in [2.75, 3.05) is 25.4 Å². The second-order valence-electron chi connectivity index (χ2n) is 7.67. The highest BCUT2D eigenvalue weighted by Crippen LogP contribution is 2.29. The van der Waals surface area contributed by atoms with Gasteiger partial charge in [-0.1, -0.05) is 18.2 Å². The summed E-state index contributed by atoms with van der Waals surface area (Å²) >= 11 is 0. The van der Waals surface area contributed by atoms with Crippen LogP contribution in [-0.2, 0) is 0 Å². The number of benzene rings is 2. The first-order valence-corrected chi connectivity index (χ1v) is 9.54. The lowest BCUT2D eigenvalue weighted by atomic mass is 9.84. The highest BCUT2D eigenvalue weighted by atomic mass is 16.1. The summed E-state index contributed by atoms with van der Waals surface area (Å²) in [4.78, 5) is 15.3. The monoisotopic (exact) mass is 361 g/mol. The second-order valence-corrected chi connectivity index (χ2v) is 7.67. The Morgan fingerprint density at radius 3 is 2.74 bits per heavy atom. The number of amides is 1. The predicted octanol–water partition coefficient (Wildman–Crippen LogP) is 2.64. The van der Waals surface area contributed by atoms with Crippen LogP contribution in [0.4, 0.5) is 5.82 Å².